The van der Waals surface area contributed by atoms with Crippen molar-refractivity contribution >= 4 is 5.97 Å². The lowest BCUT2D eigenvalue weighted by Gasteiger charge is -2.36. The molecule has 0 fully saturated rings. The summed E-state index contributed by atoms with van der Waals surface area (Å²) < 4.78 is 9.74. The number of ether oxygens (including phenoxy) is 2. The van der Waals surface area contributed by atoms with Crippen LogP contribution in [0.15, 0.2) is 11.6 Å². The van der Waals surface area contributed by atoms with Crippen LogP contribution in [0.3, 0.4) is 0 Å². The van der Waals surface area contributed by atoms with E-state index < -0.39 is 24.0 Å². The van der Waals surface area contributed by atoms with Crippen LogP contribution in [0, 0.1) is 0 Å². The van der Waals surface area contributed by atoms with Crippen LogP contribution in [0.1, 0.15) is 20.3 Å². The van der Waals surface area contributed by atoms with Gasteiger partial charge >= 0.3 is 5.97 Å². The molecule has 0 spiro atoms. The molecule has 2 N–H and O–H groups in total. The maximum Gasteiger partial charge on any atom is 0.333 e. The van der Waals surface area contributed by atoms with Crippen molar-refractivity contribution in [2.24, 2.45) is 0 Å². The highest BCUT2D eigenvalue weighted by Crippen LogP contribution is 2.29. The minimum Gasteiger partial charge on any atom is -0.466 e. The average molecular weight is 216 g/mol. The lowest BCUT2D eigenvalue weighted by atomic mass is 9.96. The van der Waals surface area contributed by atoms with Gasteiger partial charge in [0.25, 0.3) is 0 Å². The molecule has 0 saturated heterocycles. The zero-order valence-electron chi connectivity index (χ0n) is 9.06. The molecule has 0 saturated carbocycles. The Bertz CT molecular complexity index is 284. The van der Waals surface area contributed by atoms with Gasteiger partial charge in [0.15, 0.2) is 5.79 Å². The lowest BCUT2D eigenvalue weighted by molar-refractivity contribution is -0.267. The van der Waals surface area contributed by atoms with Gasteiger partial charge in [-0.25, -0.2) is 4.79 Å². The molecule has 0 aromatic carbocycles. The minimum atomic E-state index is -1.71. The number of esters is 1. The molecular weight excluding hydrogens is 200 g/mol. The molecule has 0 aromatic heterocycles. The highest BCUT2D eigenvalue weighted by Gasteiger charge is 2.40. The third-order valence-corrected chi connectivity index (χ3v) is 2.37. The van der Waals surface area contributed by atoms with Crippen molar-refractivity contribution in [1.29, 1.82) is 0 Å². The van der Waals surface area contributed by atoms with Crippen LogP contribution >= 0.6 is 0 Å². The maximum atomic E-state index is 11.3. The molecule has 0 amide bonds. The predicted molar refractivity (Wildman–Crippen MR) is 51.9 cm³/mol. The maximum absolute atomic E-state index is 11.3. The molecule has 0 aromatic rings. The summed E-state index contributed by atoms with van der Waals surface area (Å²) in [5.41, 5.74) is 0.319. The van der Waals surface area contributed by atoms with Gasteiger partial charge in [-0.3, -0.25) is 0 Å². The second-order valence-electron chi connectivity index (χ2n) is 3.70. The summed E-state index contributed by atoms with van der Waals surface area (Å²) in [7, 11) is 1.27. The van der Waals surface area contributed by atoms with E-state index in [9.17, 15) is 15.0 Å². The fourth-order valence-corrected chi connectivity index (χ4v) is 1.53. The second kappa shape index (κ2) is 4.30. The second-order valence-corrected chi connectivity index (χ2v) is 3.70. The van der Waals surface area contributed by atoms with E-state index in [0.717, 1.165) is 0 Å². The third-order valence-electron chi connectivity index (χ3n) is 2.37. The van der Waals surface area contributed by atoms with Gasteiger partial charge < -0.3 is 19.7 Å². The Morgan fingerprint density at radius 2 is 2.40 bits per heavy atom. The molecule has 1 aliphatic heterocycles. The Labute approximate surface area is 88.3 Å². The summed E-state index contributed by atoms with van der Waals surface area (Å²) in [5, 5.41) is 19.3. The van der Waals surface area contributed by atoms with Crippen LogP contribution < -0.4 is 0 Å². The number of aliphatic hydroxyl groups is 2. The van der Waals surface area contributed by atoms with Crippen LogP contribution in [-0.4, -0.2) is 41.3 Å². The normalized spacial score (nSPS) is 33.1. The van der Waals surface area contributed by atoms with Gasteiger partial charge in [-0.05, 0) is 19.9 Å². The number of hydrogen-bond donors (Lipinski definition) is 2. The molecule has 1 heterocycles. The minimum absolute atomic E-state index is 0.0678. The quantitative estimate of drug-likeness (QED) is 0.634. The highest BCUT2D eigenvalue weighted by atomic mass is 16.6. The number of carbonyl (C=O) groups is 1. The summed E-state index contributed by atoms with van der Waals surface area (Å²) in [6.45, 7) is 3.09. The first-order chi connectivity index (χ1) is 6.89. The summed E-state index contributed by atoms with van der Waals surface area (Å²) >= 11 is 0. The fourth-order valence-electron chi connectivity index (χ4n) is 1.53. The van der Waals surface area contributed by atoms with E-state index in [2.05, 4.69) is 4.74 Å². The van der Waals surface area contributed by atoms with Gasteiger partial charge in [-0.15, -0.1) is 0 Å². The van der Waals surface area contributed by atoms with Crippen LogP contribution in [0.2, 0.25) is 0 Å². The van der Waals surface area contributed by atoms with Crippen molar-refractivity contribution in [1.82, 2.24) is 0 Å². The molecule has 0 bridgehead atoms. The summed E-state index contributed by atoms with van der Waals surface area (Å²) in [4.78, 5) is 11.3. The topological polar surface area (TPSA) is 76.0 Å². The van der Waals surface area contributed by atoms with E-state index in [0.29, 0.717) is 5.57 Å². The third kappa shape index (κ3) is 2.56. The predicted octanol–water partition coefficient (Wildman–Crippen LogP) is -0.0360. The van der Waals surface area contributed by atoms with E-state index in [1.54, 1.807) is 13.0 Å². The smallest absolute Gasteiger partial charge is 0.333 e. The first-order valence-electron chi connectivity index (χ1n) is 4.76. The number of aliphatic hydroxyl groups excluding tert-OH is 1. The van der Waals surface area contributed by atoms with Gasteiger partial charge in [0, 0.05) is 12.0 Å². The van der Waals surface area contributed by atoms with Gasteiger partial charge in [-0.1, -0.05) is 0 Å². The van der Waals surface area contributed by atoms with Crippen molar-refractivity contribution in [2.75, 3.05) is 7.11 Å². The molecule has 0 aliphatic carbocycles. The van der Waals surface area contributed by atoms with Crippen molar-refractivity contribution < 1.29 is 24.5 Å². The Kier molecular flexibility index (Phi) is 3.49. The van der Waals surface area contributed by atoms with Gasteiger partial charge in [0.2, 0.25) is 0 Å². The van der Waals surface area contributed by atoms with Crippen molar-refractivity contribution in [3.05, 3.63) is 11.6 Å². The van der Waals surface area contributed by atoms with Gasteiger partial charge in [-0.2, -0.15) is 0 Å². The summed E-state index contributed by atoms with van der Waals surface area (Å²) in [5.74, 6) is -2.22. The molecule has 0 radical (unpaired) electrons. The highest BCUT2D eigenvalue weighted by molar-refractivity contribution is 5.88. The van der Waals surface area contributed by atoms with Crippen LogP contribution in [0.25, 0.3) is 0 Å². The zero-order chi connectivity index (χ0) is 11.6. The molecule has 86 valence electrons. The van der Waals surface area contributed by atoms with E-state index in [1.807, 2.05) is 0 Å². The largest absolute Gasteiger partial charge is 0.466 e. The van der Waals surface area contributed by atoms with Crippen molar-refractivity contribution in [2.45, 2.75) is 38.3 Å². The molecular formula is C10H16O5. The standard InChI is InChI=1S/C10H16O5/c1-6-4-8(9(12)14-3)5-10(13,15-6)7(2)11/h4,6-7,11,13H,5H2,1-3H3/t6-,7+,10-/m1/s1. The number of methoxy groups -OCH3 is 1. The molecule has 1 aliphatic rings. The van der Waals surface area contributed by atoms with E-state index in [-0.39, 0.29) is 6.42 Å². The van der Waals surface area contributed by atoms with E-state index >= 15 is 0 Å². The summed E-state index contributed by atoms with van der Waals surface area (Å²) in [6, 6.07) is 0. The van der Waals surface area contributed by atoms with Crippen LogP contribution in [-0.2, 0) is 14.3 Å². The number of hydrogen-bond acceptors (Lipinski definition) is 5. The number of carbonyl (C=O) groups excluding carboxylic acids is 1. The monoisotopic (exact) mass is 216 g/mol. The molecule has 5 nitrogen and oxygen atoms in total. The Balaban J connectivity index is 2.89. The first kappa shape index (κ1) is 12.2. The van der Waals surface area contributed by atoms with Gasteiger partial charge in [0.05, 0.1) is 13.2 Å². The summed E-state index contributed by atoms with van der Waals surface area (Å²) in [6.07, 6.45) is -0.00886. The number of rotatable bonds is 2. The molecule has 0 unspecified atom stereocenters. The molecule has 3 atom stereocenters. The molecule has 1 rings (SSSR count). The zero-order valence-corrected chi connectivity index (χ0v) is 9.06. The van der Waals surface area contributed by atoms with E-state index in [1.165, 1.54) is 14.0 Å². The van der Waals surface area contributed by atoms with Crippen molar-refractivity contribution in [3.8, 4) is 0 Å². The Morgan fingerprint density at radius 1 is 1.80 bits per heavy atom. The first-order valence-corrected chi connectivity index (χ1v) is 4.76. The van der Waals surface area contributed by atoms with Gasteiger partial charge in [0.1, 0.15) is 6.10 Å². The Morgan fingerprint density at radius 3 is 2.87 bits per heavy atom. The van der Waals surface area contributed by atoms with Crippen LogP contribution in [0.5, 0.6) is 0 Å². The Hall–Kier alpha value is -0.910. The molecule has 15 heavy (non-hydrogen) atoms. The fraction of sp³-hybridized carbons (Fsp3) is 0.700. The average Bonchev–Trinajstić information content (AvgIpc) is 2.15. The SMILES string of the molecule is COC(=O)C1=C[C@@H](C)O[C@@](O)([C@H](C)O)C1. The van der Waals surface area contributed by atoms with Crippen molar-refractivity contribution in [3.63, 3.8) is 0 Å². The molecule has 5 heteroatoms. The lowest BCUT2D eigenvalue weighted by Crippen LogP contribution is -2.48. The van der Waals surface area contributed by atoms with Crippen LogP contribution in [0.4, 0.5) is 0 Å². The van der Waals surface area contributed by atoms with E-state index in [4.69, 9.17) is 4.74 Å².